The summed E-state index contributed by atoms with van der Waals surface area (Å²) in [5, 5.41) is 3.63. The summed E-state index contributed by atoms with van der Waals surface area (Å²) >= 11 is 0. The van der Waals surface area contributed by atoms with Crippen LogP contribution >= 0.6 is 0 Å². The molecule has 0 aliphatic heterocycles. The van der Waals surface area contributed by atoms with Crippen LogP contribution in [-0.4, -0.2) is 37.4 Å². The van der Waals surface area contributed by atoms with Crippen molar-refractivity contribution in [3.63, 3.8) is 0 Å². The number of carbonyl (C=O) groups excluding carboxylic acids is 1. The van der Waals surface area contributed by atoms with Gasteiger partial charge in [-0.2, -0.15) is 0 Å². The molecule has 0 spiro atoms. The smallest absolute Gasteiger partial charge is 0.333 e. The van der Waals surface area contributed by atoms with Gasteiger partial charge in [0.05, 0.1) is 25.4 Å². The van der Waals surface area contributed by atoms with E-state index in [0.29, 0.717) is 12.0 Å². The fourth-order valence-corrected chi connectivity index (χ4v) is 2.28. The molecule has 0 radical (unpaired) electrons. The summed E-state index contributed by atoms with van der Waals surface area (Å²) < 4.78 is 10.7. The van der Waals surface area contributed by atoms with Crippen molar-refractivity contribution in [3.8, 4) is 0 Å². The maximum atomic E-state index is 11.7. The molecule has 2 N–H and O–H groups in total. The third kappa shape index (κ3) is 3.96. The first kappa shape index (κ1) is 16.5. The van der Waals surface area contributed by atoms with Gasteiger partial charge in [-0.1, -0.05) is 25.0 Å². The van der Waals surface area contributed by atoms with E-state index in [0.717, 1.165) is 12.8 Å². The van der Waals surface area contributed by atoms with Crippen LogP contribution in [0.2, 0.25) is 0 Å². The van der Waals surface area contributed by atoms with Crippen molar-refractivity contribution in [2.75, 3.05) is 7.11 Å². The zero-order valence-corrected chi connectivity index (χ0v) is 12.2. The van der Waals surface area contributed by atoms with Crippen LogP contribution in [0.5, 0.6) is 0 Å². The highest BCUT2D eigenvalue weighted by Gasteiger charge is 2.34. The van der Waals surface area contributed by atoms with Crippen LogP contribution in [0.4, 0.5) is 0 Å². The molecule has 0 heterocycles. The Bertz CT molecular complexity index is 414. The second-order valence-corrected chi connectivity index (χ2v) is 4.77. The van der Waals surface area contributed by atoms with Crippen molar-refractivity contribution in [2.45, 2.75) is 57.4 Å². The molecule has 0 aromatic rings. The summed E-state index contributed by atoms with van der Waals surface area (Å²) in [6.45, 7) is 4.06. The maximum Gasteiger partial charge on any atom is 0.333 e. The van der Waals surface area contributed by atoms with Crippen molar-refractivity contribution in [3.05, 3.63) is 22.1 Å². The monoisotopic (exact) mass is 282 g/mol. The lowest BCUT2D eigenvalue weighted by molar-refractivity contribution is -0.137. The van der Waals surface area contributed by atoms with Crippen molar-refractivity contribution in [1.29, 1.82) is 0 Å². The van der Waals surface area contributed by atoms with E-state index >= 15 is 0 Å². The third-order valence-corrected chi connectivity index (χ3v) is 3.53. The Labute approximate surface area is 118 Å². The fourth-order valence-electron chi connectivity index (χ4n) is 2.28. The maximum absolute atomic E-state index is 11.7. The Balaban J connectivity index is 2.94. The zero-order valence-electron chi connectivity index (χ0n) is 12.2. The lowest BCUT2D eigenvalue weighted by Crippen LogP contribution is -2.49. The van der Waals surface area contributed by atoms with Crippen molar-refractivity contribution >= 4 is 5.97 Å². The van der Waals surface area contributed by atoms with Crippen molar-refractivity contribution in [2.24, 2.45) is 10.8 Å². The van der Waals surface area contributed by atoms with Gasteiger partial charge in [0, 0.05) is 22.9 Å². The van der Waals surface area contributed by atoms with E-state index in [1.807, 2.05) is 13.8 Å². The van der Waals surface area contributed by atoms with Gasteiger partial charge < -0.3 is 15.2 Å². The van der Waals surface area contributed by atoms with Crippen LogP contribution in [0.3, 0.4) is 0 Å². The molecule has 0 saturated heterocycles. The summed E-state index contributed by atoms with van der Waals surface area (Å²) in [6.07, 6.45) is 3.40. The SMILES string of the molecule is CCC(CC)O[C@@H]1CC(C(=O)OC)=C[C@H](N=[N+]=[N-])[C@H]1N. The van der Waals surface area contributed by atoms with E-state index < -0.39 is 18.1 Å². The van der Waals surface area contributed by atoms with Crippen molar-refractivity contribution in [1.82, 2.24) is 0 Å². The second kappa shape index (κ2) is 7.89. The Kier molecular flexibility index (Phi) is 6.51. The van der Waals surface area contributed by atoms with Crippen LogP contribution in [0.15, 0.2) is 16.8 Å². The molecule has 0 bridgehead atoms. The molecule has 0 unspecified atom stereocenters. The lowest BCUT2D eigenvalue weighted by atomic mass is 9.89. The normalized spacial score (nSPS) is 25.9. The first-order valence-corrected chi connectivity index (χ1v) is 6.81. The van der Waals surface area contributed by atoms with Crippen LogP contribution in [0.1, 0.15) is 33.1 Å². The molecule has 0 fully saturated rings. The number of nitrogens with zero attached hydrogens (tertiary/aromatic N) is 3. The lowest BCUT2D eigenvalue weighted by Gasteiger charge is -2.34. The van der Waals surface area contributed by atoms with E-state index in [4.69, 9.17) is 20.7 Å². The number of azide groups is 1. The first-order chi connectivity index (χ1) is 9.57. The van der Waals surface area contributed by atoms with E-state index in [2.05, 4.69) is 10.0 Å². The summed E-state index contributed by atoms with van der Waals surface area (Å²) in [4.78, 5) is 14.4. The minimum atomic E-state index is -0.595. The Hall–Kier alpha value is -1.56. The van der Waals surface area contributed by atoms with Gasteiger partial charge in [-0.15, -0.1) is 0 Å². The van der Waals surface area contributed by atoms with Crippen LogP contribution < -0.4 is 5.73 Å². The first-order valence-electron chi connectivity index (χ1n) is 6.81. The Morgan fingerprint density at radius 2 is 2.25 bits per heavy atom. The molecule has 7 heteroatoms. The second-order valence-electron chi connectivity index (χ2n) is 4.77. The summed E-state index contributed by atoms with van der Waals surface area (Å²) in [7, 11) is 1.32. The average molecular weight is 282 g/mol. The van der Waals surface area contributed by atoms with Gasteiger partial charge in [0.1, 0.15) is 0 Å². The van der Waals surface area contributed by atoms with Gasteiger partial charge in [-0.3, -0.25) is 0 Å². The summed E-state index contributed by atoms with van der Waals surface area (Å²) in [5.41, 5.74) is 15.1. The van der Waals surface area contributed by atoms with Crippen molar-refractivity contribution < 1.29 is 14.3 Å². The number of hydrogen-bond donors (Lipinski definition) is 1. The molecular formula is C13H22N4O3. The van der Waals surface area contributed by atoms with Gasteiger partial charge in [-0.25, -0.2) is 4.79 Å². The molecule has 20 heavy (non-hydrogen) atoms. The number of esters is 1. The van der Waals surface area contributed by atoms with Gasteiger partial charge in [-0.05, 0) is 18.4 Å². The highest BCUT2D eigenvalue weighted by atomic mass is 16.5. The number of carbonyl (C=O) groups is 1. The van der Waals surface area contributed by atoms with E-state index in [1.165, 1.54) is 7.11 Å². The summed E-state index contributed by atoms with van der Waals surface area (Å²) in [6, 6.07) is -1.05. The molecule has 1 aliphatic carbocycles. The number of hydrogen-bond acceptors (Lipinski definition) is 5. The largest absolute Gasteiger partial charge is 0.466 e. The standard InChI is InChI=1S/C13H22N4O3/c1-4-9(5-2)20-11-7-8(13(18)19-3)6-10(12(11)14)16-17-15/h6,9-12H,4-5,7,14H2,1-3H3/t10-,11+,12+/m0/s1. The molecule has 0 amide bonds. The van der Waals surface area contributed by atoms with Crippen LogP contribution in [0.25, 0.3) is 10.4 Å². The quantitative estimate of drug-likeness (QED) is 0.348. The number of methoxy groups -OCH3 is 1. The highest BCUT2D eigenvalue weighted by molar-refractivity contribution is 5.88. The van der Waals surface area contributed by atoms with E-state index in [-0.39, 0.29) is 12.2 Å². The molecule has 0 saturated carbocycles. The third-order valence-electron chi connectivity index (χ3n) is 3.53. The van der Waals surface area contributed by atoms with Gasteiger partial charge in [0.25, 0.3) is 0 Å². The zero-order chi connectivity index (χ0) is 15.1. The van der Waals surface area contributed by atoms with Gasteiger partial charge in [0.15, 0.2) is 0 Å². The van der Waals surface area contributed by atoms with Gasteiger partial charge in [0.2, 0.25) is 0 Å². The topological polar surface area (TPSA) is 110 Å². The minimum absolute atomic E-state index is 0.0785. The molecular weight excluding hydrogens is 260 g/mol. The minimum Gasteiger partial charge on any atom is -0.466 e. The van der Waals surface area contributed by atoms with Crippen LogP contribution in [-0.2, 0) is 14.3 Å². The molecule has 7 nitrogen and oxygen atoms in total. The molecule has 0 aromatic carbocycles. The Morgan fingerprint density at radius 3 is 2.75 bits per heavy atom. The predicted molar refractivity (Wildman–Crippen MR) is 74.9 cm³/mol. The Morgan fingerprint density at radius 1 is 1.60 bits per heavy atom. The molecule has 112 valence electrons. The number of rotatable bonds is 6. The molecule has 1 rings (SSSR count). The van der Waals surface area contributed by atoms with E-state index in [9.17, 15) is 4.79 Å². The number of nitrogens with two attached hydrogens (primary N) is 1. The molecule has 3 atom stereocenters. The average Bonchev–Trinajstić information content (AvgIpc) is 2.47. The van der Waals surface area contributed by atoms with Crippen LogP contribution in [0, 0.1) is 0 Å². The van der Waals surface area contributed by atoms with Gasteiger partial charge >= 0.3 is 5.97 Å². The molecule has 0 aromatic heterocycles. The number of ether oxygens (including phenoxy) is 2. The van der Waals surface area contributed by atoms with E-state index in [1.54, 1.807) is 6.08 Å². The predicted octanol–water partition coefficient (Wildman–Crippen LogP) is 2.07. The summed E-state index contributed by atoms with van der Waals surface area (Å²) in [5.74, 6) is -0.437. The highest BCUT2D eigenvalue weighted by Crippen LogP contribution is 2.25. The molecule has 1 aliphatic rings. The fraction of sp³-hybridized carbons (Fsp3) is 0.769.